The Labute approximate surface area is 103 Å². The number of carbonyl (C=O) groups is 1. The monoisotopic (exact) mass is 256 g/mol. The van der Waals surface area contributed by atoms with E-state index < -0.39 is 40.7 Å². The predicted octanol–water partition coefficient (Wildman–Crippen LogP) is 0.295. The average molecular weight is 256 g/mol. The first kappa shape index (κ1) is 11.8. The van der Waals surface area contributed by atoms with Crippen LogP contribution >= 0.6 is 0 Å². The van der Waals surface area contributed by atoms with Crippen molar-refractivity contribution in [2.45, 2.75) is 49.9 Å². The lowest BCUT2D eigenvalue weighted by Gasteiger charge is -2.27. The highest BCUT2D eigenvalue weighted by molar-refractivity contribution is 5.89. The van der Waals surface area contributed by atoms with Gasteiger partial charge in [0, 0.05) is 5.41 Å². The molecule has 0 saturated heterocycles. The van der Waals surface area contributed by atoms with Gasteiger partial charge < -0.3 is 25.2 Å². The molecule has 3 aliphatic rings. The molecule has 2 saturated carbocycles. The fourth-order valence-corrected chi connectivity index (χ4v) is 3.59. The van der Waals surface area contributed by atoms with Crippen molar-refractivity contribution in [2.24, 2.45) is 5.41 Å². The van der Waals surface area contributed by atoms with Crippen LogP contribution in [0.3, 0.4) is 0 Å². The van der Waals surface area contributed by atoms with E-state index in [9.17, 15) is 25.2 Å². The van der Waals surface area contributed by atoms with Crippen molar-refractivity contribution in [3.05, 3.63) is 11.5 Å². The van der Waals surface area contributed by atoms with Crippen LogP contribution < -0.4 is 0 Å². The Morgan fingerprint density at radius 1 is 1.17 bits per heavy atom. The van der Waals surface area contributed by atoms with Crippen LogP contribution in [0.4, 0.5) is 0 Å². The van der Waals surface area contributed by atoms with Gasteiger partial charge in [-0.3, -0.25) is 0 Å². The Hall–Kier alpha value is -1.27. The van der Waals surface area contributed by atoms with Gasteiger partial charge in [-0.1, -0.05) is 19.3 Å². The number of carbonyl (C=O) groups excluding carboxylic acids is 1. The third-order valence-corrected chi connectivity index (χ3v) is 4.71. The minimum absolute atomic E-state index is 0.632. The summed E-state index contributed by atoms with van der Waals surface area (Å²) in [6.07, 6.45) is 1.70. The zero-order chi connectivity index (χ0) is 13.1. The van der Waals surface area contributed by atoms with E-state index in [-0.39, 0.29) is 0 Å². The van der Waals surface area contributed by atoms with Crippen LogP contribution in [0.15, 0.2) is 11.5 Å². The summed E-state index contributed by atoms with van der Waals surface area (Å²) in [5, 5.41) is 39.5. The van der Waals surface area contributed by atoms with E-state index in [4.69, 9.17) is 4.74 Å². The van der Waals surface area contributed by atoms with E-state index in [1.807, 2.05) is 0 Å². The number of hydrogen-bond donors (Lipinski definition) is 4. The van der Waals surface area contributed by atoms with Gasteiger partial charge in [0.25, 0.3) is 0 Å². The lowest BCUT2D eigenvalue weighted by Crippen LogP contribution is -2.38. The third-order valence-electron chi connectivity index (χ3n) is 4.71. The van der Waals surface area contributed by atoms with Crippen LogP contribution in [0, 0.1) is 5.41 Å². The Morgan fingerprint density at radius 2 is 1.78 bits per heavy atom. The van der Waals surface area contributed by atoms with Gasteiger partial charge in [-0.25, -0.2) is 4.79 Å². The minimum Gasteiger partial charge on any atom is -0.505 e. The molecule has 0 bridgehead atoms. The van der Waals surface area contributed by atoms with Gasteiger partial charge in [-0.15, -0.1) is 0 Å². The van der Waals surface area contributed by atoms with E-state index in [1.54, 1.807) is 0 Å². The van der Waals surface area contributed by atoms with Crippen molar-refractivity contribution in [1.29, 1.82) is 0 Å². The molecular weight excluding hydrogens is 240 g/mol. The van der Waals surface area contributed by atoms with Crippen molar-refractivity contribution in [2.75, 3.05) is 0 Å². The van der Waals surface area contributed by atoms with Gasteiger partial charge in [0.05, 0.1) is 6.10 Å². The molecule has 0 radical (unpaired) electrons. The van der Waals surface area contributed by atoms with E-state index in [2.05, 4.69) is 0 Å². The summed E-state index contributed by atoms with van der Waals surface area (Å²) in [5.74, 6) is -2.61. The minimum atomic E-state index is -1.67. The predicted molar refractivity (Wildman–Crippen MR) is 58.6 cm³/mol. The second-order valence-corrected chi connectivity index (χ2v) is 5.46. The molecule has 1 unspecified atom stereocenters. The molecule has 0 aromatic heterocycles. The van der Waals surface area contributed by atoms with Crippen molar-refractivity contribution >= 4 is 5.97 Å². The number of hydrogen-bond acceptors (Lipinski definition) is 6. The molecule has 2 aliphatic carbocycles. The SMILES string of the molecule is O=C1O[C@H]([C@@]2(O)C(O)C23CCCCC3)C(O)=C1O. The summed E-state index contributed by atoms with van der Waals surface area (Å²) in [7, 11) is 0. The van der Waals surface area contributed by atoms with Gasteiger partial charge in [0.1, 0.15) is 5.60 Å². The highest BCUT2D eigenvalue weighted by Crippen LogP contribution is 2.67. The Morgan fingerprint density at radius 3 is 2.28 bits per heavy atom. The number of rotatable bonds is 1. The number of ether oxygens (including phenoxy) is 1. The molecule has 100 valence electrons. The number of esters is 1. The quantitative estimate of drug-likeness (QED) is 0.502. The second kappa shape index (κ2) is 3.39. The summed E-state index contributed by atoms with van der Waals surface area (Å²) >= 11 is 0. The Balaban J connectivity index is 1.92. The van der Waals surface area contributed by atoms with Crippen molar-refractivity contribution < 1.29 is 30.0 Å². The standard InChI is InChI=1S/C12H16O6/c13-6-7(14)9(15)18-8(6)12(17)10(16)11(12)4-2-1-3-5-11/h8,10,13-14,16-17H,1-5H2/t8-,10?,12+/m0/s1. The zero-order valence-electron chi connectivity index (χ0n) is 9.80. The summed E-state index contributed by atoms with van der Waals surface area (Å²) in [6, 6.07) is 0. The molecule has 0 aromatic rings. The van der Waals surface area contributed by atoms with E-state index in [0.29, 0.717) is 12.8 Å². The van der Waals surface area contributed by atoms with E-state index in [0.717, 1.165) is 19.3 Å². The molecule has 1 heterocycles. The van der Waals surface area contributed by atoms with Crippen molar-refractivity contribution in [1.82, 2.24) is 0 Å². The van der Waals surface area contributed by atoms with Gasteiger partial charge in [0.2, 0.25) is 5.76 Å². The lowest BCUT2D eigenvalue weighted by molar-refractivity contribution is -0.151. The fraction of sp³-hybridized carbons (Fsp3) is 0.750. The summed E-state index contributed by atoms with van der Waals surface area (Å²) in [4.78, 5) is 11.2. The number of aliphatic hydroxyl groups excluding tert-OH is 3. The average Bonchev–Trinajstić information content (AvgIpc) is 2.68. The van der Waals surface area contributed by atoms with Crippen LogP contribution in [0.25, 0.3) is 0 Å². The molecule has 2 fully saturated rings. The van der Waals surface area contributed by atoms with E-state index in [1.165, 1.54) is 0 Å². The third kappa shape index (κ3) is 1.12. The topological polar surface area (TPSA) is 107 Å². The summed E-state index contributed by atoms with van der Waals surface area (Å²) in [6.45, 7) is 0. The Bertz CT molecular complexity index is 436. The largest absolute Gasteiger partial charge is 0.505 e. The number of aliphatic hydroxyl groups is 4. The molecule has 1 spiro atoms. The maximum Gasteiger partial charge on any atom is 0.378 e. The first-order chi connectivity index (χ1) is 8.45. The van der Waals surface area contributed by atoms with Crippen LogP contribution in [0.2, 0.25) is 0 Å². The molecule has 0 amide bonds. The Kier molecular flexibility index (Phi) is 2.22. The maximum atomic E-state index is 11.2. The van der Waals surface area contributed by atoms with Crippen LogP contribution in [-0.4, -0.2) is 44.2 Å². The smallest absolute Gasteiger partial charge is 0.378 e. The second-order valence-electron chi connectivity index (χ2n) is 5.46. The first-order valence-corrected chi connectivity index (χ1v) is 6.18. The molecule has 4 N–H and O–H groups in total. The van der Waals surface area contributed by atoms with E-state index >= 15 is 0 Å². The van der Waals surface area contributed by atoms with Crippen LogP contribution in [0.1, 0.15) is 32.1 Å². The van der Waals surface area contributed by atoms with Crippen molar-refractivity contribution in [3.63, 3.8) is 0 Å². The van der Waals surface area contributed by atoms with Gasteiger partial charge in [0.15, 0.2) is 11.9 Å². The zero-order valence-corrected chi connectivity index (χ0v) is 9.80. The molecule has 6 heteroatoms. The highest BCUT2D eigenvalue weighted by Gasteiger charge is 2.81. The molecule has 6 nitrogen and oxygen atoms in total. The fourth-order valence-electron chi connectivity index (χ4n) is 3.59. The first-order valence-electron chi connectivity index (χ1n) is 6.18. The summed E-state index contributed by atoms with van der Waals surface area (Å²) in [5.41, 5.74) is -2.38. The van der Waals surface area contributed by atoms with Gasteiger partial charge >= 0.3 is 5.97 Å². The van der Waals surface area contributed by atoms with Gasteiger partial charge in [-0.05, 0) is 12.8 Å². The lowest BCUT2D eigenvalue weighted by atomic mass is 9.81. The molecule has 0 aromatic carbocycles. The van der Waals surface area contributed by atoms with Crippen LogP contribution in [0.5, 0.6) is 0 Å². The molecule has 3 rings (SSSR count). The maximum absolute atomic E-state index is 11.2. The molecular formula is C12H16O6. The molecule has 1 aliphatic heterocycles. The normalized spacial score (nSPS) is 42.2. The van der Waals surface area contributed by atoms with Crippen LogP contribution in [-0.2, 0) is 9.53 Å². The van der Waals surface area contributed by atoms with Gasteiger partial charge in [-0.2, -0.15) is 0 Å². The highest BCUT2D eigenvalue weighted by atomic mass is 16.6. The molecule has 3 atom stereocenters. The van der Waals surface area contributed by atoms with Crippen molar-refractivity contribution in [3.8, 4) is 0 Å². The number of cyclic esters (lactones) is 1. The summed E-state index contributed by atoms with van der Waals surface area (Å²) < 4.78 is 4.79. The molecule has 18 heavy (non-hydrogen) atoms.